The molecular formula is C16H13N5S3. The summed E-state index contributed by atoms with van der Waals surface area (Å²) in [5.74, 6) is 0.974. The largest absolute Gasteiger partial charge is 0.298 e. The highest BCUT2D eigenvalue weighted by Crippen LogP contribution is 2.43. The Morgan fingerprint density at radius 3 is 2.96 bits per heavy atom. The maximum Gasteiger partial charge on any atom is 0.198 e. The van der Waals surface area contributed by atoms with Crippen molar-refractivity contribution in [3.8, 4) is 10.7 Å². The fourth-order valence-electron chi connectivity index (χ4n) is 2.70. The highest BCUT2D eigenvalue weighted by atomic mass is 32.2. The van der Waals surface area contributed by atoms with Crippen LogP contribution in [-0.4, -0.2) is 24.7 Å². The van der Waals surface area contributed by atoms with Gasteiger partial charge in [-0.05, 0) is 49.0 Å². The normalized spacial score (nSPS) is 14.5. The first-order chi connectivity index (χ1) is 11.8. The van der Waals surface area contributed by atoms with Gasteiger partial charge in [-0.2, -0.15) is 0 Å². The molecule has 1 aliphatic carbocycles. The lowest BCUT2D eigenvalue weighted by atomic mass is 10.4. The van der Waals surface area contributed by atoms with Gasteiger partial charge in [-0.25, -0.2) is 9.97 Å². The summed E-state index contributed by atoms with van der Waals surface area (Å²) in [6, 6.07) is 6.83. The Balaban J connectivity index is 1.60. The highest BCUT2D eigenvalue weighted by molar-refractivity contribution is 7.99. The van der Waals surface area contributed by atoms with Crippen molar-refractivity contribution in [3.63, 3.8) is 0 Å². The Morgan fingerprint density at radius 2 is 2.17 bits per heavy atom. The monoisotopic (exact) mass is 371 g/mol. The van der Waals surface area contributed by atoms with Gasteiger partial charge in [0.2, 0.25) is 0 Å². The number of thiophene rings is 2. The van der Waals surface area contributed by atoms with Crippen LogP contribution in [0.3, 0.4) is 0 Å². The molecule has 5 nitrogen and oxygen atoms in total. The molecule has 0 N–H and O–H groups in total. The Morgan fingerprint density at radius 1 is 1.25 bits per heavy atom. The van der Waals surface area contributed by atoms with Crippen LogP contribution in [0.25, 0.3) is 20.9 Å². The van der Waals surface area contributed by atoms with Crippen LogP contribution in [0.15, 0.2) is 40.1 Å². The number of hydrogen-bond acceptors (Lipinski definition) is 7. The van der Waals surface area contributed by atoms with E-state index in [4.69, 9.17) is 0 Å². The third-order valence-corrected chi connectivity index (χ3v) is 6.73. The SMILES string of the molecule is Cc1cc2c(Sc3nnc(-c4cccs4)n3C3CC3)ncnc2s1. The van der Waals surface area contributed by atoms with Crippen LogP contribution in [0.1, 0.15) is 23.8 Å². The van der Waals surface area contributed by atoms with E-state index in [1.807, 2.05) is 0 Å². The van der Waals surface area contributed by atoms with Gasteiger partial charge in [-0.1, -0.05) is 6.07 Å². The smallest absolute Gasteiger partial charge is 0.198 e. The summed E-state index contributed by atoms with van der Waals surface area (Å²) < 4.78 is 2.28. The topological polar surface area (TPSA) is 56.5 Å². The van der Waals surface area contributed by atoms with E-state index in [9.17, 15) is 0 Å². The summed E-state index contributed by atoms with van der Waals surface area (Å²) >= 11 is 4.99. The lowest BCUT2D eigenvalue weighted by molar-refractivity contribution is 0.669. The molecule has 0 bridgehead atoms. The van der Waals surface area contributed by atoms with E-state index in [2.05, 4.69) is 55.2 Å². The summed E-state index contributed by atoms with van der Waals surface area (Å²) in [5.41, 5.74) is 0. The third-order valence-electron chi connectivity index (χ3n) is 3.92. The Hall–Kier alpha value is -1.77. The maximum absolute atomic E-state index is 4.49. The predicted molar refractivity (Wildman–Crippen MR) is 97.9 cm³/mol. The van der Waals surface area contributed by atoms with Crippen LogP contribution in [-0.2, 0) is 0 Å². The molecule has 5 rings (SSSR count). The Kier molecular flexibility index (Phi) is 3.43. The second kappa shape index (κ2) is 5.65. The summed E-state index contributed by atoms with van der Waals surface area (Å²) in [7, 11) is 0. The van der Waals surface area contributed by atoms with E-state index in [0.29, 0.717) is 6.04 Å². The van der Waals surface area contributed by atoms with Gasteiger partial charge >= 0.3 is 0 Å². The van der Waals surface area contributed by atoms with Crippen molar-refractivity contribution in [2.24, 2.45) is 0 Å². The van der Waals surface area contributed by atoms with Gasteiger partial charge in [0.1, 0.15) is 16.2 Å². The molecule has 0 unspecified atom stereocenters. The fourth-order valence-corrected chi connectivity index (χ4v) is 5.28. The van der Waals surface area contributed by atoms with E-state index in [0.717, 1.165) is 26.2 Å². The second-order valence-electron chi connectivity index (χ2n) is 5.74. The molecule has 4 heterocycles. The Bertz CT molecular complexity index is 1010. The quantitative estimate of drug-likeness (QED) is 0.482. The number of aryl methyl sites for hydroxylation is 1. The molecule has 0 aromatic carbocycles. The van der Waals surface area contributed by atoms with Gasteiger partial charge in [0.15, 0.2) is 11.0 Å². The van der Waals surface area contributed by atoms with Crippen molar-refractivity contribution in [3.05, 3.63) is 34.8 Å². The molecule has 4 aromatic rings. The first-order valence-electron chi connectivity index (χ1n) is 7.67. The van der Waals surface area contributed by atoms with Gasteiger partial charge in [0.05, 0.1) is 4.88 Å². The number of rotatable bonds is 4. The number of fused-ring (bicyclic) bond motifs is 1. The van der Waals surface area contributed by atoms with E-state index in [-0.39, 0.29) is 0 Å². The van der Waals surface area contributed by atoms with Crippen molar-refractivity contribution in [2.75, 3.05) is 0 Å². The molecule has 0 atom stereocenters. The summed E-state index contributed by atoms with van der Waals surface area (Å²) in [4.78, 5) is 12.3. The van der Waals surface area contributed by atoms with Gasteiger partial charge in [0.25, 0.3) is 0 Å². The highest BCUT2D eigenvalue weighted by Gasteiger charge is 2.31. The third kappa shape index (κ3) is 2.45. The van der Waals surface area contributed by atoms with Gasteiger partial charge in [-0.15, -0.1) is 32.9 Å². The van der Waals surface area contributed by atoms with Crippen LogP contribution >= 0.6 is 34.4 Å². The average Bonchev–Trinajstić information content (AvgIpc) is 3.00. The van der Waals surface area contributed by atoms with Gasteiger partial charge in [0, 0.05) is 16.3 Å². The van der Waals surface area contributed by atoms with E-state index >= 15 is 0 Å². The zero-order valence-electron chi connectivity index (χ0n) is 12.8. The minimum Gasteiger partial charge on any atom is -0.298 e. The van der Waals surface area contributed by atoms with Gasteiger partial charge < -0.3 is 0 Å². The molecule has 1 saturated carbocycles. The molecule has 1 aliphatic rings. The molecule has 120 valence electrons. The molecule has 0 amide bonds. The molecule has 0 radical (unpaired) electrons. The fraction of sp³-hybridized carbons (Fsp3) is 0.250. The van der Waals surface area contributed by atoms with Crippen LogP contribution < -0.4 is 0 Å². The molecule has 0 aliphatic heterocycles. The maximum atomic E-state index is 4.49. The minimum absolute atomic E-state index is 0.515. The van der Waals surface area contributed by atoms with Crippen LogP contribution in [0.5, 0.6) is 0 Å². The van der Waals surface area contributed by atoms with E-state index < -0.39 is 0 Å². The lowest BCUT2D eigenvalue weighted by Crippen LogP contribution is -1.99. The minimum atomic E-state index is 0.515. The lowest BCUT2D eigenvalue weighted by Gasteiger charge is -2.07. The number of aromatic nitrogens is 5. The summed E-state index contributed by atoms with van der Waals surface area (Å²) in [5, 5.41) is 14.0. The number of nitrogens with zero attached hydrogens (tertiary/aromatic N) is 5. The molecule has 0 saturated heterocycles. The summed E-state index contributed by atoms with van der Waals surface area (Å²) in [6.45, 7) is 2.10. The standard InChI is InChI=1S/C16H13N5S3/c1-9-7-11-14(23-9)17-8-18-15(11)24-16-20-19-13(12-3-2-6-22-12)21(16)10-4-5-10/h2-3,6-8,10H,4-5H2,1H3. The molecule has 0 spiro atoms. The molecule has 1 fully saturated rings. The van der Waals surface area contributed by atoms with Crippen molar-refractivity contribution in [1.29, 1.82) is 0 Å². The second-order valence-corrected chi connectivity index (χ2v) is 8.88. The average molecular weight is 372 g/mol. The molecule has 8 heteroatoms. The first kappa shape index (κ1) is 14.6. The molecule has 24 heavy (non-hydrogen) atoms. The van der Waals surface area contributed by atoms with E-state index in [1.54, 1.807) is 40.8 Å². The van der Waals surface area contributed by atoms with Crippen molar-refractivity contribution in [2.45, 2.75) is 36.0 Å². The van der Waals surface area contributed by atoms with Crippen molar-refractivity contribution < 1.29 is 0 Å². The molecule has 4 aromatic heterocycles. The van der Waals surface area contributed by atoms with Crippen molar-refractivity contribution in [1.82, 2.24) is 24.7 Å². The predicted octanol–water partition coefficient (Wildman–Crippen LogP) is 4.81. The summed E-state index contributed by atoms with van der Waals surface area (Å²) in [6.07, 6.45) is 4.03. The van der Waals surface area contributed by atoms with Crippen LogP contribution in [0.2, 0.25) is 0 Å². The Labute approximate surface area is 150 Å². The zero-order chi connectivity index (χ0) is 16.1. The molecular weight excluding hydrogens is 358 g/mol. The van der Waals surface area contributed by atoms with Crippen LogP contribution in [0.4, 0.5) is 0 Å². The van der Waals surface area contributed by atoms with Crippen molar-refractivity contribution >= 4 is 44.7 Å². The zero-order valence-corrected chi connectivity index (χ0v) is 15.3. The van der Waals surface area contributed by atoms with E-state index in [1.165, 1.54) is 22.6 Å². The number of hydrogen-bond donors (Lipinski definition) is 0. The van der Waals surface area contributed by atoms with Gasteiger partial charge in [-0.3, -0.25) is 4.57 Å². The van der Waals surface area contributed by atoms with Crippen LogP contribution in [0, 0.1) is 6.92 Å². The first-order valence-corrected chi connectivity index (χ1v) is 10.2.